The van der Waals surface area contributed by atoms with Gasteiger partial charge in [0.15, 0.2) is 0 Å². The van der Waals surface area contributed by atoms with E-state index in [1.54, 1.807) is 18.5 Å². The second kappa shape index (κ2) is 7.38. The van der Waals surface area contributed by atoms with E-state index in [-0.39, 0.29) is 5.91 Å². The van der Waals surface area contributed by atoms with E-state index in [1.807, 2.05) is 19.1 Å². The molecule has 0 aromatic carbocycles. The molecule has 21 heavy (non-hydrogen) atoms. The van der Waals surface area contributed by atoms with Gasteiger partial charge < -0.3 is 10.6 Å². The van der Waals surface area contributed by atoms with Gasteiger partial charge in [-0.15, -0.1) is 0 Å². The van der Waals surface area contributed by atoms with Crippen LogP contribution in [0.3, 0.4) is 0 Å². The SMILES string of the molecule is CCNC(=O)c1cc(NCc2ncccc2CC)ccn1. The summed E-state index contributed by atoms with van der Waals surface area (Å²) in [5, 5.41) is 6.03. The number of hydrogen-bond acceptors (Lipinski definition) is 4. The summed E-state index contributed by atoms with van der Waals surface area (Å²) in [6.07, 6.45) is 4.38. The van der Waals surface area contributed by atoms with Crippen LogP contribution in [0.1, 0.15) is 35.6 Å². The molecule has 0 saturated carbocycles. The van der Waals surface area contributed by atoms with Crippen LogP contribution in [0.5, 0.6) is 0 Å². The minimum atomic E-state index is -0.159. The molecule has 0 spiro atoms. The average Bonchev–Trinajstić information content (AvgIpc) is 2.53. The summed E-state index contributed by atoms with van der Waals surface area (Å²) in [7, 11) is 0. The smallest absolute Gasteiger partial charge is 0.269 e. The van der Waals surface area contributed by atoms with Crippen LogP contribution in [-0.2, 0) is 13.0 Å². The number of amides is 1. The van der Waals surface area contributed by atoms with E-state index >= 15 is 0 Å². The van der Waals surface area contributed by atoms with Crippen LogP contribution in [-0.4, -0.2) is 22.4 Å². The quantitative estimate of drug-likeness (QED) is 0.855. The Bertz CT molecular complexity index is 613. The van der Waals surface area contributed by atoms with Crippen molar-refractivity contribution in [2.24, 2.45) is 0 Å². The van der Waals surface area contributed by atoms with E-state index in [4.69, 9.17) is 0 Å². The second-order valence-electron chi connectivity index (χ2n) is 4.61. The predicted molar refractivity (Wildman–Crippen MR) is 83.2 cm³/mol. The molecule has 0 fully saturated rings. The third-order valence-electron chi connectivity index (χ3n) is 3.16. The Balaban J connectivity index is 2.06. The highest BCUT2D eigenvalue weighted by Gasteiger charge is 2.07. The monoisotopic (exact) mass is 284 g/mol. The van der Waals surface area contributed by atoms with Crippen LogP contribution in [0.4, 0.5) is 5.69 Å². The summed E-state index contributed by atoms with van der Waals surface area (Å²) in [6.45, 7) is 5.21. The summed E-state index contributed by atoms with van der Waals surface area (Å²) < 4.78 is 0. The van der Waals surface area contributed by atoms with Crippen molar-refractivity contribution in [3.05, 3.63) is 53.6 Å². The summed E-state index contributed by atoms with van der Waals surface area (Å²) in [5.74, 6) is -0.159. The van der Waals surface area contributed by atoms with Crippen molar-refractivity contribution in [3.8, 4) is 0 Å². The number of pyridine rings is 2. The molecule has 0 unspecified atom stereocenters. The fourth-order valence-electron chi connectivity index (χ4n) is 2.05. The van der Waals surface area contributed by atoms with E-state index in [0.717, 1.165) is 17.8 Å². The van der Waals surface area contributed by atoms with Crippen LogP contribution in [0.15, 0.2) is 36.7 Å². The molecular weight excluding hydrogens is 264 g/mol. The maximum atomic E-state index is 11.8. The molecule has 5 nitrogen and oxygen atoms in total. The predicted octanol–water partition coefficient (Wildman–Crippen LogP) is 2.40. The normalized spacial score (nSPS) is 10.2. The topological polar surface area (TPSA) is 66.9 Å². The zero-order valence-corrected chi connectivity index (χ0v) is 12.4. The molecule has 0 radical (unpaired) electrons. The number of nitrogens with zero attached hydrogens (tertiary/aromatic N) is 2. The van der Waals surface area contributed by atoms with Gasteiger partial charge in [-0.25, -0.2) is 0 Å². The van der Waals surface area contributed by atoms with Crippen LogP contribution in [0.2, 0.25) is 0 Å². The average molecular weight is 284 g/mol. The molecule has 0 saturated heterocycles. The Morgan fingerprint density at radius 1 is 1.19 bits per heavy atom. The van der Waals surface area contributed by atoms with E-state index in [2.05, 4.69) is 33.6 Å². The fraction of sp³-hybridized carbons (Fsp3) is 0.312. The van der Waals surface area contributed by atoms with Crippen molar-refractivity contribution in [3.63, 3.8) is 0 Å². The first kappa shape index (κ1) is 15.0. The minimum Gasteiger partial charge on any atom is -0.379 e. The van der Waals surface area contributed by atoms with E-state index in [0.29, 0.717) is 18.8 Å². The highest BCUT2D eigenvalue weighted by atomic mass is 16.1. The van der Waals surface area contributed by atoms with Gasteiger partial charge in [0.05, 0.1) is 12.2 Å². The molecular formula is C16H20N4O. The third-order valence-corrected chi connectivity index (χ3v) is 3.16. The van der Waals surface area contributed by atoms with Crippen molar-refractivity contribution < 1.29 is 4.79 Å². The summed E-state index contributed by atoms with van der Waals surface area (Å²) in [6, 6.07) is 7.62. The van der Waals surface area contributed by atoms with E-state index in [1.165, 1.54) is 5.56 Å². The number of rotatable bonds is 6. The van der Waals surface area contributed by atoms with Gasteiger partial charge in [0.1, 0.15) is 5.69 Å². The third kappa shape index (κ3) is 4.02. The van der Waals surface area contributed by atoms with E-state index < -0.39 is 0 Å². The zero-order chi connectivity index (χ0) is 15.1. The summed E-state index contributed by atoms with van der Waals surface area (Å²) in [4.78, 5) is 20.2. The second-order valence-corrected chi connectivity index (χ2v) is 4.61. The molecule has 0 atom stereocenters. The zero-order valence-electron chi connectivity index (χ0n) is 12.4. The van der Waals surface area contributed by atoms with Crippen LogP contribution in [0.25, 0.3) is 0 Å². The highest BCUT2D eigenvalue weighted by Crippen LogP contribution is 2.12. The standard InChI is InChI=1S/C16H20N4O/c1-3-12-6-5-8-18-15(12)11-20-13-7-9-19-14(10-13)16(21)17-4-2/h5-10H,3-4,11H2,1-2H3,(H,17,21)(H,19,20). The van der Waals surface area contributed by atoms with Gasteiger partial charge in [0.2, 0.25) is 0 Å². The number of anilines is 1. The lowest BCUT2D eigenvalue weighted by molar-refractivity contribution is 0.0951. The minimum absolute atomic E-state index is 0.159. The lowest BCUT2D eigenvalue weighted by atomic mass is 10.1. The lowest BCUT2D eigenvalue weighted by Crippen LogP contribution is -2.23. The van der Waals surface area contributed by atoms with Gasteiger partial charge >= 0.3 is 0 Å². The summed E-state index contributed by atoms with van der Waals surface area (Å²) >= 11 is 0. The van der Waals surface area contributed by atoms with Crippen molar-refractivity contribution in [1.82, 2.24) is 15.3 Å². The van der Waals surface area contributed by atoms with Gasteiger partial charge in [0, 0.05) is 24.6 Å². The van der Waals surface area contributed by atoms with Crippen LogP contribution < -0.4 is 10.6 Å². The Morgan fingerprint density at radius 2 is 2.05 bits per heavy atom. The van der Waals surface area contributed by atoms with Crippen LogP contribution >= 0.6 is 0 Å². The van der Waals surface area contributed by atoms with Gasteiger partial charge in [-0.1, -0.05) is 13.0 Å². The highest BCUT2D eigenvalue weighted by molar-refractivity contribution is 5.93. The molecule has 2 aromatic rings. The van der Waals surface area contributed by atoms with Crippen molar-refractivity contribution >= 4 is 11.6 Å². The first-order valence-electron chi connectivity index (χ1n) is 7.15. The number of carbonyl (C=O) groups is 1. The Kier molecular flexibility index (Phi) is 5.26. The molecule has 2 rings (SSSR count). The van der Waals surface area contributed by atoms with Crippen molar-refractivity contribution in [2.45, 2.75) is 26.8 Å². The first-order valence-corrected chi connectivity index (χ1v) is 7.15. The molecule has 0 aliphatic rings. The molecule has 0 aliphatic heterocycles. The van der Waals surface area contributed by atoms with Crippen molar-refractivity contribution in [2.75, 3.05) is 11.9 Å². The number of aromatic nitrogens is 2. The Labute approximate surface area is 124 Å². The lowest BCUT2D eigenvalue weighted by Gasteiger charge is -2.10. The maximum Gasteiger partial charge on any atom is 0.269 e. The largest absolute Gasteiger partial charge is 0.379 e. The molecule has 5 heteroatoms. The summed E-state index contributed by atoms with van der Waals surface area (Å²) in [5.41, 5.74) is 3.52. The molecule has 0 bridgehead atoms. The first-order chi connectivity index (χ1) is 10.2. The number of nitrogens with one attached hydrogen (secondary N) is 2. The molecule has 0 aliphatic carbocycles. The van der Waals surface area contributed by atoms with Gasteiger partial charge in [0.25, 0.3) is 5.91 Å². The Hall–Kier alpha value is -2.43. The van der Waals surface area contributed by atoms with Gasteiger partial charge in [-0.3, -0.25) is 14.8 Å². The molecule has 1 amide bonds. The van der Waals surface area contributed by atoms with E-state index in [9.17, 15) is 4.79 Å². The Morgan fingerprint density at radius 3 is 2.81 bits per heavy atom. The van der Waals surface area contributed by atoms with Crippen LogP contribution in [0, 0.1) is 0 Å². The van der Waals surface area contributed by atoms with Gasteiger partial charge in [-0.05, 0) is 37.1 Å². The maximum absolute atomic E-state index is 11.8. The number of carbonyl (C=O) groups excluding carboxylic acids is 1. The number of aryl methyl sites for hydroxylation is 1. The molecule has 110 valence electrons. The van der Waals surface area contributed by atoms with Crippen molar-refractivity contribution in [1.29, 1.82) is 0 Å². The molecule has 2 N–H and O–H groups in total. The van der Waals surface area contributed by atoms with Gasteiger partial charge in [-0.2, -0.15) is 0 Å². The molecule has 2 heterocycles. The molecule has 2 aromatic heterocycles. The fourth-order valence-corrected chi connectivity index (χ4v) is 2.05. The number of hydrogen-bond donors (Lipinski definition) is 2.